The van der Waals surface area contributed by atoms with Crippen LogP contribution in [0.2, 0.25) is 0 Å². The lowest BCUT2D eigenvalue weighted by Gasteiger charge is -2.12. The van der Waals surface area contributed by atoms with Crippen molar-refractivity contribution in [3.8, 4) is 11.5 Å². The largest absolute Gasteiger partial charge is 0.491 e. The Labute approximate surface area is 125 Å². The lowest BCUT2D eigenvalue weighted by molar-refractivity contribution is 0.108. The van der Waals surface area contributed by atoms with Crippen LogP contribution in [0, 0.1) is 0 Å². The predicted molar refractivity (Wildman–Crippen MR) is 82.6 cm³/mol. The van der Waals surface area contributed by atoms with Gasteiger partial charge in [0.2, 0.25) is 0 Å². The molecule has 0 saturated heterocycles. The number of hydrogen-bond acceptors (Lipinski definition) is 4. The molecule has 0 aliphatic rings. The van der Waals surface area contributed by atoms with Gasteiger partial charge < -0.3 is 19.9 Å². The van der Waals surface area contributed by atoms with E-state index in [4.69, 9.17) is 9.47 Å². The molecule has 1 atom stereocenters. The summed E-state index contributed by atoms with van der Waals surface area (Å²) in [5.41, 5.74) is 1.13. The van der Waals surface area contributed by atoms with Gasteiger partial charge in [-0.15, -0.1) is 0 Å². The van der Waals surface area contributed by atoms with Gasteiger partial charge in [-0.1, -0.05) is 30.3 Å². The van der Waals surface area contributed by atoms with Gasteiger partial charge in [0, 0.05) is 6.54 Å². The third kappa shape index (κ3) is 5.45. The number of likely N-dealkylation sites (N-methyl/N-ethyl adjacent to an activating group) is 1. The molecule has 2 aromatic rings. The van der Waals surface area contributed by atoms with Crippen LogP contribution in [0.15, 0.2) is 54.6 Å². The van der Waals surface area contributed by atoms with E-state index in [-0.39, 0.29) is 6.61 Å². The van der Waals surface area contributed by atoms with Gasteiger partial charge in [-0.25, -0.2) is 0 Å². The zero-order valence-electron chi connectivity index (χ0n) is 12.2. The second kappa shape index (κ2) is 8.29. The Balaban J connectivity index is 1.79. The number of hydrogen-bond donors (Lipinski definition) is 2. The molecule has 2 aromatic carbocycles. The molecule has 0 bridgehead atoms. The Hall–Kier alpha value is -2.04. The molecule has 0 saturated carbocycles. The van der Waals surface area contributed by atoms with E-state index in [1.165, 1.54) is 0 Å². The number of aliphatic hydroxyl groups excluding tert-OH is 1. The van der Waals surface area contributed by atoms with E-state index in [0.717, 1.165) is 17.1 Å². The quantitative estimate of drug-likeness (QED) is 0.781. The van der Waals surface area contributed by atoms with Crippen molar-refractivity contribution in [1.82, 2.24) is 5.32 Å². The monoisotopic (exact) mass is 287 g/mol. The summed E-state index contributed by atoms with van der Waals surface area (Å²) in [6.07, 6.45) is -0.510. The summed E-state index contributed by atoms with van der Waals surface area (Å²) in [5.74, 6) is 1.51. The minimum absolute atomic E-state index is 0.269. The van der Waals surface area contributed by atoms with Crippen molar-refractivity contribution in [3.05, 3.63) is 60.2 Å². The summed E-state index contributed by atoms with van der Waals surface area (Å²) in [6, 6.07) is 17.4. The van der Waals surface area contributed by atoms with Crippen molar-refractivity contribution in [1.29, 1.82) is 0 Å². The van der Waals surface area contributed by atoms with Crippen LogP contribution in [0.4, 0.5) is 0 Å². The number of benzene rings is 2. The molecule has 0 heterocycles. The minimum atomic E-state index is -0.510. The zero-order chi connectivity index (χ0) is 14.9. The van der Waals surface area contributed by atoms with Crippen LogP contribution in [-0.4, -0.2) is 31.4 Å². The third-order valence-electron chi connectivity index (χ3n) is 2.95. The third-order valence-corrected chi connectivity index (χ3v) is 2.95. The van der Waals surface area contributed by atoms with Crippen LogP contribution < -0.4 is 14.8 Å². The molecule has 2 N–H and O–H groups in total. The van der Waals surface area contributed by atoms with Crippen molar-refractivity contribution in [3.63, 3.8) is 0 Å². The fraction of sp³-hybridized carbons (Fsp3) is 0.294. The van der Waals surface area contributed by atoms with Crippen molar-refractivity contribution in [2.24, 2.45) is 0 Å². The van der Waals surface area contributed by atoms with Crippen molar-refractivity contribution >= 4 is 0 Å². The van der Waals surface area contributed by atoms with Crippen LogP contribution in [0.1, 0.15) is 5.56 Å². The average Bonchev–Trinajstić information content (AvgIpc) is 2.53. The highest BCUT2D eigenvalue weighted by atomic mass is 16.5. The van der Waals surface area contributed by atoms with Crippen LogP contribution in [0.3, 0.4) is 0 Å². The maximum atomic E-state index is 9.56. The molecular weight excluding hydrogens is 266 g/mol. The van der Waals surface area contributed by atoms with Gasteiger partial charge in [-0.3, -0.25) is 0 Å². The second-order valence-corrected chi connectivity index (χ2v) is 4.77. The Kier molecular flexibility index (Phi) is 6.06. The summed E-state index contributed by atoms with van der Waals surface area (Å²) in [4.78, 5) is 0. The van der Waals surface area contributed by atoms with E-state index in [1.807, 2.05) is 54.6 Å². The first kappa shape index (κ1) is 15.4. The lowest BCUT2D eigenvalue weighted by atomic mass is 10.2. The molecule has 0 aliphatic heterocycles. The zero-order valence-corrected chi connectivity index (χ0v) is 12.2. The molecular formula is C17H21NO3. The van der Waals surface area contributed by atoms with E-state index >= 15 is 0 Å². The molecule has 4 nitrogen and oxygen atoms in total. The molecule has 0 fully saturated rings. The van der Waals surface area contributed by atoms with Crippen molar-refractivity contribution in [2.45, 2.75) is 12.7 Å². The minimum Gasteiger partial charge on any atom is -0.491 e. The highest BCUT2D eigenvalue weighted by molar-refractivity contribution is 5.31. The normalized spacial score (nSPS) is 11.9. The van der Waals surface area contributed by atoms with Crippen molar-refractivity contribution in [2.75, 3.05) is 20.2 Å². The van der Waals surface area contributed by atoms with Gasteiger partial charge in [0.05, 0.1) is 0 Å². The highest BCUT2D eigenvalue weighted by Crippen LogP contribution is 2.18. The lowest BCUT2D eigenvalue weighted by Crippen LogP contribution is -2.29. The smallest absolute Gasteiger partial charge is 0.120 e. The summed E-state index contributed by atoms with van der Waals surface area (Å²) in [5, 5.41) is 12.5. The van der Waals surface area contributed by atoms with Crippen LogP contribution in [0.5, 0.6) is 11.5 Å². The van der Waals surface area contributed by atoms with E-state index in [2.05, 4.69) is 5.32 Å². The molecule has 0 spiro atoms. The highest BCUT2D eigenvalue weighted by Gasteiger charge is 2.03. The van der Waals surface area contributed by atoms with E-state index in [1.54, 1.807) is 7.05 Å². The number of nitrogens with one attached hydrogen (secondary N) is 1. The molecule has 1 unspecified atom stereocenters. The van der Waals surface area contributed by atoms with Crippen molar-refractivity contribution < 1.29 is 14.6 Å². The first-order chi connectivity index (χ1) is 10.3. The number of rotatable bonds is 8. The van der Waals surface area contributed by atoms with Gasteiger partial charge in [0.15, 0.2) is 0 Å². The molecule has 2 rings (SSSR count). The first-order valence-electron chi connectivity index (χ1n) is 7.00. The van der Waals surface area contributed by atoms with Gasteiger partial charge in [-0.2, -0.15) is 0 Å². The SMILES string of the molecule is CNCC(O)COc1ccc(OCc2ccccc2)cc1. The summed E-state index contributed by atoms with van der Waals surface area (Å²) < 4.78 is 11.2. The number of aliphatic hydroxyl groups is 1. The standard InChI is InChI=1S/C17H21NO3/c1-18-11-15(19)13-21-17-9-7-16(8-10-17)20-12-14-5-3-2-4-6-14/h2-10,15,18-19H,11-13H2,1H3. The topological polar surface area (TPSA) is 50.7 Å². The maximum absolute atomic E-state index is 9.56. The first-order valence-corrected chi connectivity index (χ1v) is 7.00. The van der Waals surface area contributed by atoms with Crippen LogP contribution >= 0.6 is 0 Å². The Morgan fingerprint density at radius 1 is 0.952 bits per heavy atom. The fourth-order valence-electron chi connectivity index (χ4n) is 1.86. The molecule has 21 heavy (non-hydrogen) atoms. The molecule has 0 amide bonds. The molecule has 112 valence electrons. The summed E-state index contributed by atoms with van der Waals surface area (Å²) >= 11 is 0. The Bertz CT molecular complexity index is 513. The summed E-state index contributed by atoms with van der Waals surface area (Å²) in [6.45, 7) is 1.32. The van der Waals surface area contributed by atoms with E-state index in [0.29, 0.717) is 13.2 Å². The molecule has 0 aliphatic carbocycles. The Morgan fingerprint density at radius 2 is 1.57 bits per heavy atom. The molecule has 0 aromatic heterocycles. The van der Waals surface area contributed by atoms with Gasteiger partial charge in [-0.05, 0) is 36.9 Å². The average molecular weight is 287 g/mol. The second-order valence-electron chi connectivity index (χ2n) is 4.77. The van der Waals surface area contributed by atoms with Gasteiger partial charge in [0.1, 0.15) is 30.8 Å². The van der Waals surface area contributed by atoms with E-state index < -0.39 is 6.10 Å². The van der Waals surface area contributed by atoms with Gasteiger partial charge in [0.25, 0.3) is 0 Å². The van der Waals surface area contributed by atoms with Crippen LogP contribution in [-0.2, 0) is 6.61 Å². The molecule has 0 radical (unpaired) electrons. The van der Waals surface area contributed by atoms with E-state index in [9.17, 15) is 5.11 Å². The maximum Gasteiger partial charge on any atom is 0.120 e. The van der Waals surface area contributed by atoms with Crippen LogP contribution in [0.25, 0.3) is 0 Å². The Morgan fingerprint density at radius 3 is 2.19 bits per heavy atom. The summed E-state index contributed by atoms with van der Waals surface area (Å²) in [7, 11) is 1.79. The fourth-order valence-corrected chi connectivity index (χ4v) is 1.86. The number of ether oxygens (including phenoxy) is 2. The predicted octanol–water partition coefficient (Wildman–Crippen LogP) is 2.22. The van der Waals surface area contributed by atoms with Gasteiger partial charge >= 0.3 is 0 Å². The molecule has 4 heteroatoms.